The molecule has 4 aliphatic rings. The van der Waals surface area contributed by atoms with E-state index in [0.717, 1.165) is 44.9 Å². The normalized spacial score (nSPS) is 48.7. The highest BCUT2D eigenvalue weighted by molar-refractivity contribution is 6.22. The van der Waals surface area contributed by atoms with Gasteiger partial charge in [0.15, 0.2) is 0 Å². The molecule has 8 atom stereocenters. The quantitative estimate of drug-likeness (QED) is 0.363. The van der Waals surface area contributed by atoms with Crippen molar-refractivity contribution in [2.24, 2.45) is 34.5 Å². The molecule has 4 aliphatic carbocycles. The molecule has 4 heteroatoms. The van der Waals surface area contributed by atoms with Crippen LogP contribution in [0.2, 0.25) is 0 Å². The minimum atomic E-state index is -0.185. The molecule has 0 heterocycles. The van der Waals surface area contributed by atoms with Crippen molar-refractivity contribution in [1.82, 2.24) is 0 Å². The fourth-order valence-electron chi connectivity index (χ4n) is 7.57. The van der Waals surface area contributed by atoms with Crippen molar-refractivity contribution in [2.45, 2.75) is 84.1 Å². The topological polar surface area (TPSA) is 43.4 Å². The smallest absolute Gasteiger partial charge is 0.302 e. The molecule has 27 heavy (non-hydrogen) atoms. The van der Waals surface area contributed by atoms with Gasteiger partial charge in [0.2, 0.25) is 0 Å². The third-order valence-corrected chi connectivity index (χ3v) is 9.29. The lowest BCUT2D eigenvalue weighted by atomic mass is 9.47. The summed E-state index contributed by atoms with van der Waals surface area (Å²) in [7, 11) is 0. The van der Waals surface area contributed by atoms with Gasteiger partial charge in [0.25, 0.3) is 0 Å². The van der Waals surface area contributed by atoms with Crippen molar-refractivity contribution >= 4 is 23.4 Å². The first-order valence-corrected chi connectivity index (χ1v) is 11.1. The van der Waals surface area contributed by atoms with Gasteiger partial charge >= 0.3 is 5.97 Å². The van der Waals surface area contributed by atoms with Crippen LogP contribution < -0.4 is 0 Å². The zero-order valence-electron chi connectivity index (χ0n) is 17.1. The minimum Gasteiger partial charge on any atom is -0.462 e. The molecule has 4 rings (SSSR count). The van der Waals surface area contributed by atoms with Crippen LogP contribution in [0.25, 0.3) is 0 Å². The lowest BCUT2D eigenvalue weighted by molar-refractivity contribution is -0.149. The Labute approximate surface area is 168 Å². The Morgan fingerprint density at radius 3 is 2.48 bits per heavy atom. The van der Waals surface area contributed by atoms with Crippen LogP contribution in [0, 0.1) is 34.5 Å². The summed E-state index contributed by atoms with van der Waals surface area (Å²) in [5, 5.41) is 0.0319. The highest BCUT2D eigenvalue weighted by Crippen LogP contribution is 2.67. The average molecular weight is 393 g/mol. The van der Waals surface area contributed by atoms with E-state index in [4.69, 9.17) is 16.3 Å². The highest BCUT2D eigenvalue weighted by Gasteiger charge is 2.61. The number of halogens is 1. The Morgan fingerprint density at radius 2 is 1.81 bits per heavy atom. The fourth-order valence-corrected chi connectivity index (χ4v) is 8.08. The number of ketones is 1. The standard InChI is InChI=1S/C23H33ClO3/c1-13(25)17-5-6-18-21-19(8-10-23(17,18)4)22(3)9-7-16(27-14(2)26)11-15(22)12-20(21)24/h12,16-21H,5-11H2,1-4H3/t16-,17?,18?,19?,20+,21?,22-,23+/m0/s1. The molecular formula is C23H33ClO3. The zero-order valence-corrected chi connectivity index (χ0v) is 17.8. The van der Waals surface area contributed by atoms with Crippen LogP contribution >= 0.6 is 11.6 Å². The van der Waals surface area contributed by atoms with Gasteiger partial charge in [0.05, 0.1) is 5.38 Å². The summed E-state index contributed by atoms with van der Waals surface area (Å²) in [4.78, 5) is 23.7. The molecular weight excluding hydrogens is 360 g/mol. The first-order chi connectivity index (χ1) is 12.7. The van der Waals surface area contributed by atoms with Crippen molar-refractivity contribution in [3.8, 4) is 0 Å². The molecule has 4 unspecified atom stereocenters. The molecule has 0 N–H and O–H groups in total. The van der Waals surface area contributed by atoms with E-state index in [1.807, 2.05) is 0 Å². The number of hydrogen-bond acceptors (Lipinski definition) is 3. The van der Waals surface area contributed by atoms with Crippen LogP contribution in [-0.4, -0.2) is 23.2 Å². The number of allylic oxidation sites excluding steroid dienone is 1. The molecule has 3 nitrogen and oxygen atoms in total. The van der Waals surface area contributed by atoms with Gasteiger partial charge < -0.3 is 4.74 Å². The minimum absolute atomic E-state index is 0.00433. The van der Waals surface area contributed by atoms with Gasteiger partial charge in [-0.1, -0.05) is 25.5 Å². The average Bonchev–Trinajstić information content (AvgIpc) is 2.93. The summed E-state index contributed by atoms with van der Waals surface area (Å²) < 4.78 is 5.52. The van der Waals surface area contributed by atoms with Crippen molar-refractivity contribution in [3.63, 3.8) is 0 Å². The van der Waals surface area contributed by atoms with Gasteiger partial charge in [0, 0.05) is 19.3 Å². The number of rotatable bonds is 2. The summed E-state index contributed by atoms with van der Waals surface area (Å²) in [5.74, 6) is 1.99. The molecule has 0 aromatic heterocycles. The van der Waals surface area contributed by atoms with Gasteiger partial charge in [-0.15, -0.1) is 11.6 Å². The van der Waals surface area contributed by atoms with Gasteiger partial charge in [-0.25, -0.2) is 0 Å². The van der Waals surface area contributed by atoms with Crippen LogP contribution in [0.4, 0.5) is 0 Å². The van der Waals surface area contributed by atoms with E-state index in [2.05, 4.69) is 19.9 Å². The maximum absolute atomic E-state index is 12.3. The van der Waals surface area contributed by atoms with Crippen LogP contribution in [0.15, 0.2) is 11.6 Å². The van der Waals surface area contributed by atoms with E-state index < -0.39 is 0 Å². The first-order valence-electron chi connectivity index (χ1n) is 10.7. The van der Waals surface area contributed by atoms with E-state index in [0.29, 0.717) is 23.5 Å². The molecule has 0 bridgehead atoms. The molecule has 0 radical (unpaired) electrons. The van der Waals surface area contributed by atoms with Gasteiger partial charge in [-0.2, -0.15) is 0 Å². The number of esters is 1. The Hall–Kier alpha value is -0.830. The lowest BCUT2D eigenvalue weighted by Gasteiger charge is -2.59. The van der Waals surface area contributed by atoms with Crippen LogP contribution in [-0.2, 0) is 14.3 Å². The van der Waals surface area contributed by atoms with Gasteiger partial charge in [-0.3, -0.25) is 9.59 Å². The molecule has 0 amide bonds. The number of ether oxygens (including phenoxy) is 1. The molecule has 0 aliphatic heterocycles. The summed E-state index contributed by atoms with van der Waals surface area (Å²) in [5.41, 5.74) is 1.70. The van der Waals surface area contributed by atoms with E-state index >= 15 is 0 Å². The van der Waals surface area contributed by atoms with Gasteiger partial charge in [0.1, 0.15) is 11.9 Å². The van der Waals surface area contributed by atoms with Crippen LogP contribution in [0.5, 0.6) is 0 Å². The number of carbonyl (C=O) groups is 2. The summed E-state index contributed by atoms with van der Waals surface area (Å²) in [6.07, 6.45) is 9.63. The third-order valence-electron chi connectivity index (χ3n) is 8.87. The zero-order chi connectivity index (χ0) is 19.6. The summed E-state index contributed by atoms with van der Waals surface area (Å²) in [6.45, 7) is 8.05. The van der Waals surface area contributed by atoms with Crippen molar-refractivity contribution in [3.05, 3.63) is 11.6 Å². The molecule has 3 fully saturated rings. The molecule has 0 saturated heterocycles. The SMILES string of the molecule is CC(=O)O[C@H]1CC[C@@]2(C)C(=C[C@@H](Cl)C3C4CCC(C(C)=O)[C@@]4(C)CCC32)C1. The van der Waals surface area contributed by atoms with Crippen molar-refractivity contribution in [2.75, 3.05) is 0 Å². The Morgan fingerprint density at radius 1 is 1.07 bits per heavy atom. The van der Waals surface area contributed by atoms with E-state index in [9.17, 15) is 9.59 Å². The van der Waals surface area contributed by atoms with Gasteiger partial charge in [-0.05, 0) is 74.0 Å². The number of carbonyl (C=O) groups excluding carboxylic acids is 2. The van der Waals surface area contributed by atoms with Crippen LogP contribution in [0.1, 0.15) is 72.6 Å². The number of alkyl halides is 1. The second-order valence-corrected chi connectivity index (χ2v) is 10.6. The predicted molar refractivity (Wildman–Crippen MR) is 106 cm³/mol. The van der Waals surface area contributed by atoms with E-state index in [-0.39, 0.29) is 34.2 Å². The summed E-state index contributed by atoms with van der Waals surface area (Å²) >= 11 is 7.01. The van der Waals surface area contributed by atoms with Crippen LogP contribution in [0.3, 0.4) is 0 Å². The molecule has 0 aromatic rings. The second-order valence-electron chi connectivity index (χ2n) is 10.1. The Kier molecular flexibility index (Phi) is 4.77. The van der Waals surface area contributed by atoms with Crippen molar-refractivity contribution < 1.29 is 14.3 Å². The largest absolute Gasteiger partial charge is 0.462 e. The monoisotopic (exact) mass is 392 g/mol. The Bertz CT molecular complexity index is 685. The van der Waals surface area contributed by atoms with Crippen molar-refractivity contribution in [1.29, 1.82) is 0 Å². The number of Topliss-reactive ketones (excluding diaryl/α,β-unsaturated/α-hetero) is 1. The second kappa shape index (κ2) is 6.61. The third kappa shape index (κ3) is 2.91. The first kappa shape index (κ1) is 19.5. The Balaban J connectivity index is 1.64. The molecule has 0 aromatic carbocycles. The molecule has 150 valence electrons. The van der Waals surface area contributed by atoms with E-state index in [1.165, 1.54) is 12.5 Å². The molecule has 0 spiro atoms. The van der Waals surface area contributed by atoms with E-state index in [1.54, 1.807) is 6.92 Å². The lowest BCUT2D eigenvalue weighted by Crippen LogP contribution is -2.54. The number of fused-ring (bicyclic) bond motifs is 5. The maximum atomic E-state index is 12.3. The molecule has 3 saturated carbocycles. The highest BCUT2D eigenvalue weighted by atomic mass is 35.5. The predicted octanol–water partition coefficient (Wildman–Crippen LogP) is 5.30. The maximum Gasteiger partial charge on any atom is 0.302 e. The number of hydrogen-bond donors (Lipinski definition) is 0. The summed E-state index contributed by atoms with van der Waals surface area (Å²) in [6, 6.07) is 0. The fraction of sp³-hybridized carbons (Fsp3) is 0.826.